The van der Waals surface area contributed by atoms with Crippen molar-refractivity contribution >= 4 is 12.0 Å². The number of rotatable bonds is 13. The SMILES string of the molecule is C/C=C\C(C)C(C)C.C=CCN(CCNc1cc(C=O)ccc1CC1CCCCCC1)Cc1ccccc1.CC. The Hall–Kier alpha value is -2.65. The number of carbonyl (C=O) groups excluding carboxylic acids is 1. The quantitative estimate of drug-likeness (QED) is 0.154. The van der Waals surface area contributed by atoms with Gasteiger partial charge >= 0.3 is 0 Å². The van der Waals surface area contributed by atoms with Gasteiger partial charge in [-0.3, -0.25) is 9.69 Å². The largest absolute Gasteiger partial charge is 0.384 e. The summed E-state index contributed by atoms with van der Waals surface area (Å²) in [5.74, 6) is 2.29. The Morgan fingerprint density at radius 1 is 1.00 bits per heavy atom. The summed E-state index contributed by atoms with van der Waals surface area (Å²) in [6.07, 6.45) is 16.5. The van der Waals surface area contributed by atoms with Crippen LogP contribution in [0.1, 0.15) is 102 Å². The molecule has 1 fully saturated rings. The molecule has 2 aromatic carbocycles. The summed E-state index contributed by atoms with van der Waals surface area (Å²) < 4.78 is 0. The van der Waals surface area contributed by atoms with Crippen molar-refractivity contribution in [1.82, 2.24) is 4.90 Å². The van der Waals surface area contributed by atoms with Gasteiger partial charge in [0.1, 0.15) is 6.29 Å². The van der Waals surface area contributed by atoms with E-state index in [1.165, 1.54) is 49.7 Å². The van der Waals surface area contributed by atoms with Crippen molar-refractivity contribution in [3.05, 3.63) is 90.0 Å². The smallest absolute Gasteiger partial charge is 0.150 e. The molecule has 0 radical (unpaired) electrons. The lowest BCUT2D eigenvalue weighted by Crippen LogP contribution is -2.29. The van der Waals surface area contributed by atoms with E-state index < -0.39 is 0 Å². The number of carbonyl (C=O) groups is 1. The van der Waals surface area contributed by atoms with Gasteiger partial charge in [-0.2, -0.15) is 0 Å². The van der Waals surface area contributed by atoms with Crippen LogP contribution in [0.2, 0.25) is 0 Å². The first-order chi connectivity index (χ1) is 19.5. The molecule has 0 aliphatic heterocycles. The molecule has 1 N–H and O–H groups in total. The molecule has 0 amide bonds. The van der Waals surface area contributed by atoms with Crippen LogP contribution in [0.5, 0.6) is 0 Å². The average molecular weight is 547 g/mol. The number of hydrogen-bond donors (Lipinski definition) is 1. The lowest BCUT2D eigenvalue weighted by Gasteiger charge is -2.23. The van der Waals surface area contributed by atoms with E-state index in [1.54, 1.807) is 0 Å². The highest BCUT2D eigenvalue weighted by atomic mass is 16.1. The van der Waals surface area contributed by atoms with Crippen molar-refractivity contribution in [3.8, 4) is 0 Å². The van der Waals surface area contributed by atoms with Crippen molar-refractivity contribution in [3.63, 3.8) is 0 Å². The summed E-state index contributed by atoms with van der Waals surface area (Å²) in [7, 11) is 0. The van der Waals surface area contributed by atoms with Gasteiger partial charge in [0.05, 0.1) is 0 Å². The molecule has 0 spiro atoms. The fourth-order valence-electron chi connectivity index (χ4n) is 5.02. The van der Waals surface area contributed by atoms with Gasteiger partial charge in [-0.05, 0) is 48.3 Å². The van der Waals surface area contributed by atoms with E-state index in [9.17, 15) is 4.79 Å². The third-order valence-electron chi connectivity index (χ3n) is 7.68. The van der Waals surface area contributed by atoms with Gasteiger partial charge < -0.3 is 5.32 Å². The molecule has 0 aromatic heterocycles. The highest BCUT2D eigenvalue weighted by Crippen LogP contribution is 2.29. The lowest BCUT2D eigenvalue weighted by atomic mass is 9.91. The predicted molar refractivity (Wildman–Crippen MR) is 177 cm³/mol. The second kappa shape index (κ2) is 22.1. The molecule has 1 aliphatic carbocycles. The molecule has 1 unspecified atom stereocenters. The molecule has 0 heterocycles. The van der Waals surface area contributed by atoms with E-state index in [0.717, 1.165) is 67.9 Å². The van der Waals surface area contributed by atoms with Crippen LogP contribution in [-0.2, 0) is 13.0 Å². The molecular formula is C37H58N2O. The number of nitrogens with zero attached hydrogens (tertiary/aromatic N) is 1. The summed E-state index contributed by atoms with van der Waals surface area (Å²) in [6.45, 7) is 20.3. The van der Waals surface area contributed by atoms with Gasteiger partial charge in [0.25, 0.3) is 0 Å². The van der Waals surface area contributed by atoms with Crippen LogP contribution in [0, 0.1) is 17.8 Å². The van der Waals surface area contributed by atoms with E-state index >= 15 is 0 Å². The fraction of sp³-hybridized carbons (Fsp3) is 0.541. The Morgan fingerprint density at radius 2 is 1.68 bits per heavy atom. The first-order valence-corrected chi connectivity index (χ1v) is 15.8. The summed E-state index contributed by atoms with van der Waals surface area (Å²) in [4.78, 5) is 13.7. The number of hydrogen-bond acceptors (Lipinski definition) is 3. The minimum atomic E-state index is 0.736. The summed E-state index contributed by atoms with van der Waals surface area (Å²) in [5.41, 5.74) is 4.54. The van der Waals surface area contributed by atoms with Crippen LogP contribution in [0.25, 0.3) is 0 Å². The van der Waals surface area contributed by atoms with E-state index in [4.69, 9.17) is 0 Å². The molecule has 1 aliphatic rings. The van der Waals surface area contributed by atoms with Gasteiger partial charge in [-0.1, -0.05) is 134 Å². The van der Waals surface area contributed by atoms with Gasteiger partial charge in [0.15, 0.2) is 0 Å². The maximum absolute atomic E-state index is 11.3. The topological polar surface area (TPSA) is 32.3 Å². The molecule has 0 saturated heterocycles. The first-order valence-electron chi connectivity index (χ1n) is 15.8. The third kappa shape index (κ3) is 14.7. The maximum Gasteiger partial charge on any atom is 0.150 e. The van der Waals surface area contributed by atoms with Crippen LogP contribution >= 0.6 is 0 Å². The van der Waals surface area contributed by atoms with Crippen molar-refractivity contribution in [2.45, 2.75) is 93.0 Å². The Morgan fingerprint density at radius 3 is 2.23 bits per heavy atom. The van der Waals surface area contributed by atoms with Crippen LogP contribution in [-0.4, -0.2) is 30.8 Å². The number of nitrogens with one attached hydrogen (secondary N) is 1. The minimum Gasteiger partial charge on any atom is -0.384 e. The number of aldehydes is 1. The fourth-order valence-corrected chi connectivity index (χ4v) is 5.02. The highest BCUT2D eigenvalue weighted by molar-refractivity contribution is 5.77. The second-order valence-electron chi connectivity index (χ2n) is 11.2. The number of allylic oxidation sites excluding steroid dienone is 2. The maximum atomic E-state index is 11.3. The standard InChI is InChI=1S/C27H36N2O.C8H16.C2H6/c1-2-17-29(21-24-12-8-5-9-13-24)18-16-28-27-20-25(22-30)14-15-26(27)19-23-10-6-3-4-7-11-23;1-5-6-8(4)7(2)3;1-2/h2,5,8-9,12-15,20,22-23,28H,1,3-4,6-7,10-11,16-19,21H2;5-8H,1-4H3;1-2H3/b;6-5-;. The number of benzene rings is 2. The molecule has 2 aromatic rings. The van der Waals surface area contributed by atoms with Crippen LogP contribution in [0.4, 0.5) is 5.69 Å². The van der Waals surface area contributed by atoms with Crippen LogP contribution < -0.4 is 5.32 Å². The molecule has 222 valence electrons. The molecule has 1 atom stereocenters. The Balaban J connectivity index is 0.000000689. The van der Waals surface area contributed by atoms with E-state index in [2.05, 4.69) is 93.0 Å². The molecule has 40 heavy (non-hydrogen) atoms. The first kappa shape index (κ1) is 35.4. The van der Waals surface area contributed by atoms with Gasteiger partial charge in [-0.25, -0.2) is 0 Å². The van der Waals surface area contributed by atoms with Crippen molar-refractivity contribution < 1.29 is 4.79 Å². The second-order valence-corrected chi connectivity index (χ2v) is 11.2. The summed E-state index contributed by atoms with van der Waals surface area (Å²) >= 11 is 0. The number of anilines is 1. The summed E-state index contributed by atoms with van der Waals surface area (Å²) in [5, 5.41) is 3.63. The Bertz CT molecular complexity index is 942. The Labute approximate surface area is 247 Å². The highest BCUT2D eigenvalue weighted by Gasteiger charge is 2.15. The average Bonchev–Trinajstić information content (AvgIpc) is 3.24. The van der Waals surface area contributed by atoms with Crippen molar-refractivity contribution in [2.75, 3.05) is 25.0 Å². The lowest BCUT2D eigenvalue weighted by molar-refractivity contribution is 0.112. The molecule has 3 heteroatoms. The molecule has 1 saturated carbocycles. The molecule has 3 rings (SSSR count). The molecule has 0 bridgehead atoms. The van der Waals surface area contributed by atoms with E-state index in [-0.39, 0.29) is 0 Å². The monoisotopic (exact) mass is 546 g/mol. The van der Waals surface area contributed by atoms with E-state index in [1.807, 2.05) is 32.1 Å². The van der Waals surface area contributed by atoms with Crippen molar-refractivity contribution in [1.29, 1.82) is 0 Å². The molecular weight excluding hydrogens is 488 g/mol. The van der Waals surface area contributed by atoms with Crippen LogP contribution in [0.3, 0.4) is 0 Å². The zero-order chi connectivity index (χ0) is 29.6. The minimum absolute atomic E-state index is 0.736. The predicted octanol–water partition coefficient (Wildman–Crippen LogP) is 9.99. The summed E-state index contributed by atoms with van der Waals surface area (Å²) in [6, 6.07) is 16.7. The van der Waals surface area contributed by atoms with E-state index in [0.29, 0.717) is 0 Å². The molecule has 3 nitrogen and oxygen atoms in total. The van der Waals surface area contributed by atoms with Crippen LogP contribution in [0.15, 0.2) is 73.3 Å². The van der Waals surface area contributed by atoms with Gasteiger partial charge in [0, 0.05) is 37.4 Å². The Kier molecular flexibility index (Phi) is 19.5. The van der Waals surface area contributed by atoms with Gasteiger partial charge in [0.2, 0.25) is 0 Å². The van der Waals surface area contributed by atoms with Crippen molar-refractivity contribution in [2.24, 2.45) is 17.8 Å². The normalized spacial score (nSPS) is 14.5. The zero-order valence-corrected chi connectivity index (χ0v) is 26.5. The zero-order valence-electron chi connectivity index (χ0n) is 26.5. The third-order valence-corrected chi connectivity index (χ3v) is 7.68. The van der Waals surface area contributed by atoms with Gasteiger partial charge in [-0.15, -0.1) is 6.58 Å².